The van der Waals surface area contributed by atoms with Crippen LogP contribution in [0.4, 0.5) is 0 Å². The van der Waals surface area contributed by atoms with Crippen molar-refractivity contribution in [2.45, 2.75) is 103 Å². The van der Waals surface area contributed by atoms with Gasteiger partial charge in [-0.1, -0.05) is 86.3 Å². The molecule has 0 bridgehead atoms. The zero-order valence-electron chi connectivity index (χ0n) is 22.8. The third kappa shape index (κ3) is 25.2. The maximum atomic E-state index is 12.3. The van der Waals surface area contributed by atoms with E-state index in [1.165, 1.54) is 6.08 Å². The van der Waals surface area contributed by atoms with Crippen LogP contribution in [0, 0.1) is 0 Å². The minimum atomic E-state index is -4.35. The van der Waals surface area contributed by atoms with Crippen LogP contribution >= 0.6 is 0 Å². The fraction of sp³-hybridized carbons (Fsp3) is 0.567. The van der Waals surface area contributed by atoms with Gasteiger partial charge < -0.3 is 10.4 Å². The van der Waals surface area contributed by atoms with Crippen molar-refractivity contribution in [1.82, 2.24) is 5.32 Å². The highest BCUT2D eigenvalue weighted by Crippen LogP contribution is 2.07. The third-order valence-corrected chi connectivity index (χ3v) is 6.22. The maximum Gasteiger partial charge on any atom is 0.267 e. The summed E-state index contributed by atoms with van der Waals surface area (Å²) in [7, 11) is -4.35. The SMILES string of the molecule is C/C=C/CC/C=C/CC/C=C/C(O)C(CS(=O)(=O)O)NC(=O)CCCCC/C=C\C/C=C\C/C=C\CC. The van der Waals surface area contributed by atoms with E-state index in [9.17, 15) is 22.9 Å². The van der Waals surface area contributed by atoms with Gasteiger partial charge in [0.05, 0.1) is 17.9 Å². The van der Waals surface area contributed by atoms with Gasteiger partial charge >= 0.3 is 0 Å². The average Bonchev–Trinajstić information content (AvgIpc) is 2.84. The molecule has 6 nitrogen and oxygen atoms in total. The second kappa shape index (κ2) is 24.1. The van der Waals surface area contributed by atoms with Gasteiger partial charge in [0.25, 0.3) is 10.1 Å². The number of nitrogens with one attached hydrogen (secondary N) is 1. The van der Waals surface area contributed by atoms with Gasteiger partial charge in [-0.25, -0.2) is 0 Å². The molecule has 210 valence electrons. The van der Waals surface area contributed by atoms with E-state index >= 15 is 0 Å². The average molecular weight is 536 g/mol. The smallest absolute Gasteiger partial charge is 0.267 e. The van der Waals surface area contributed by atoms with Gasteiger partial charge in [-0.3, -0.25) is 9.35 Å². The number of unbranched alkanes of at least 4 members (excludes halogenated alkanes) is 5. The molecular weight excluding hydrogens is 486 g/mol. The quantitative estimate of drug-likeness (QED) is 0.0805. The molecule has 2 unspecified atom stereocenters. The Morgan fingerprint density at radius 2 is 1.35 bits per heavy atom. The molecule has 0 aliphatic carbocycles. The van der Waals surface area contributed by atoms with Crippen molar-refractivity contribution in [3.8, 4) is 0 Å². The summed E-state index contributed by atoms with van der Waals surface area (Å²) >= 11 is 0. The van der Waals surface area contributed by atoms with Crippen LogP contribution in [0.25, 0.3) is 0 Å². The normalized spacial score (nSPS) is 14.8. The molecule has 0 aromatic rings. The van der Waals surface area contributed by atoms with E-state index in [-0.39, 0.29) is 12.3 Å². The molecule has 0 aliphatic heterocycles. The first-order valence-corrected chi connectivity index (χ1v) is 15.2. The van der Waals surface area contributed by atoms with Gasteiger partial charge in [-0.15, -0.1) is 0 Å². The molecule has 0 spiro atoms. The molecule has 0 heterocycles. The van der Waals surface area contributed by atoms with Crippen LogP contribution in [0.15, 0.2) is 72.9 Å². The highest BCUT2D eigenvalue weighted by molar-refractivity contribution is 7.85. The number of allylic oxidation sites excluding steroid dienone is 11. The van der Waals surface area contributed by atoms with Gasteiger partial charge in [0.1, 0.15) is 0 Å². The third-order valence-electron chi connectivity index (χ3n) is 5.44. The predicted octanol–water partition coefficient (Wildman–Crippen LogP) is 6.78. The zero-order valence-corrected chi connectivity index (χ0v) is 23.6. The van der Waals surface area contributed by atoms with Crippen molar-refractivity contribution in [2.24, 2.45) is 0 Å². The van der Waals surface area contributed by atoms with Crippen LogP contribution < -0.4 is 5.32 Å². The molecule has 1 amide bonds. The fourth-order valence-corrected chi connectivity index (χ4v) is 4.17. The first-order valence-electron chi connectivity index (χ1n) is 13.6. The summed E-state index contributed by atoms with van der Waals surface area (Å²) in [5, 5.41) is 13.0. The van der Waals surface area contributed by atoms with Crippen LogP contribution in [0.1, 0.15) is 90.9 Å². The van der Waals surface area contributed by atoms with Crippen molar-refractivity contribution in [1.29, 1.82) is 0 Å². The van der Waals surface area contributed by atoms with Crippen molar-refractivity contribution in [3.63, 3.8) is 0 Å². The van der Waals surface area contributed by atoms with Gasteiger partial charge in [0.2, 0.25) is 5.91 Å². The Bertz CT molecular complexity index is 853. The van der Waals surface area contributed by atoms with E-state index < -0.39 is 28.0 Å². The van der Waals surface area contributed by atoms with Gasteiger partial charge in [0.15, 0.2) is 0 Å². The van der Waals surface area contributed by atoms with E-state index in [1.807, 2.05) is 13.0 Å². The summed E-state index contributed by atoms with van der Waals surface area (Å²) in [6, 6.07) is -1.09. The first kappa shape index (κ1) is 34.8. The molecule has 0 radical (unpaired) electrons. The Kier molecular flexibility index (Phi) is 22.7. The molecular formula is C30H49NO5S. The molecule has 0 saturated heterocycles. The Labute approximate surface area is 225 Å². The zero-order chi connectivity index (χ0) is 27.6. The Balaban J connectivity index is 4.29. The second-order valence-electron chi connectivity index (χ2n) is 8.93. The van der Waals surface area contributed by atoms with Crippen LogP contribution in [-0.4, -0.2) is 41.9 Å². The number of hydrogen-bond donors (Lipinski definition) is 3. The Morgan fingerprint density at radius 1 is 0.784 bits per heavy atom. The predicted molar refractivity (Wildman–Crippen MR) is 156 cm³/mol. The van der Waals surface area contributed by atoms with E-state index in [4.69, 9.17) is 0 Å². The number of aliphatic hydroxyl groups excluding tert-OH is 1. The van der Waals surface area contributed by atoms with Crippen molar-refractivity contribution in [2.75, 3.05) is 5.75 Å². The lowest BCUT2D eigenvalue weighted by molar-refractivity contribution is -0.122. The summed E-state index contributed by atoms with van der Waals surface area (Å²) in [5.41, 5.74) is 0. The minimum Gasteiger partial charge on any atom is -0.387 e. The molecule has 0 saturated carbocycles. The van der Waals surface area contributed by atoms with E-state index in [2.05, 4.69) is 66.9 Å². The number of rotatable bonds is 22. The van der Waals surface area contributed by atoms with E-state index in [1.54, 1.807) is 6.08 Å². The molecule has 0 fully saturated rings. The largest absolute Gasteiger partial charge is 0.387 e. The monoisotopic (exact) mass is 535 g/mol. The van der Waals surface area contributed by atoms with E-state index in [0.29, 0.717) is 12.8 Å². The summed E-state index contributed by atoms with van der Waals surface area (Å²) < 4.78 is 32.0. The molecule has 0 aliphatic rings. The number of amides is 1. The molecule has 0 rings (SSSR count). The number of carbonyl (C=O) groups excluding carboxylic acids is 1. The summed E-state index contributed by atoms with van der Waals surface area (Å²) in [6.07, 6.45) is 33.4. The molecule has 0 aromatic heterocycles. The lowest BCUT2D eigenvalue weighted by atomic mass is 10.1. The molecule has 0 aromatic carbocycles. The highest BCUT2D eigenvalue weighted by atomic mass is 32.2. The molecule has 7 heteroatoms. The number of hydrogen-bond acceptors (Lipinski definition) is 4. The summed E-state index contributed by atoms with van der Waals surface area (Å²) in [5.74, 6) is -1.06. The van der Waals surface area contributed by atoms with Crippen molar-refractivity contribution < 1.29 is 22.9 Å². The van der Waals surface area contributed by atoms with Crippen LogP contribution in [0.5, 0.6) is 0 Å². The molecule has 3 N–H and O–H groups in total. The van der Waals surface area contributed by atoms with Crippen LogP contribution in [0.2, 0.25) is 0 Å². The topological polar surface area (TPSA) is 104 Å². The molecule has 37 heavy (non-hydrogen) atoms. The van der Waals surface area contributed by atoms with E-state index in [0.717, 1.165) is 57.8 Å². The van der Waals surface area contributed by atoms with Crippen molar-refractivity contribution >= 4 is 16.0 Å². The summed E-state index contributed by atoms with van der Waals surface area (Å²) in [4.78, 5) is 12.3. The second-order valence-corrected chi connectivity index (χ2v) is 10.4. The Morgan fingerprint density at radius 3 is 1.97 bits per heavy atom. The van der Waals surface area contributed by atoms with Gasteiger partial charge in [-0.2, -0.15) is 8.42 Å². The van der Waals surface area contributed by atoms with Crippen molar-refractivity contribution in [3.05, 3.63) is 72.9 Å². The van der Waals surface area contributed by atoms with Gasteiger partial charge in [0, 0.05) is 6.42 Å². The maximum absolute atomic E-state index is 12.3. The fourth-order valence-electron chi connectivity index (χ4n) is 3.44. The van der Waals surface area contributed by atoms with Crippen LogP contribution in [0.3, 0.4) is 0 Å². The number of carbonyl (C=O) groups is 1. The lowest BCUT2D eigenvalue weighted by Crippen LogP contribution is -2.46. The van der Waals surface area contributed by atoms with Gasteiger partial charge in [-0.05, 0) is 71.1 Å². The lowest BCUT2D eigenvalue weighted by Gasteiger charge is -2.21. The standard InChI is InChI=1S/C30H49NO5S/c1-3-5-7-9-11-13-14-15-16-18-20-22-24-26-30(33)31-28(27-37(34,35)36)29(32)25-23-21-19-17-12-10-8-6-4-2/h4-7,11-13,15-17,23,25,28-29,32H,3,8-10,14,18-22,24,26-27H2,1-2H3,(H,31,33)(H,34,35,36)/b6-4+,7-5-,13-11-,16-15-,17-12+,25-23+. The minimum absolute atomic E-state index is 0.244. The Hall–Kier alpha value is -2.22. The highest BCUT2D eigenvalue weighted by Gasteiger charge is 2.24. The van der Waals surface area contributed by atoms with Crippen LogP contribution in [-0.2, 0) is 14.9 Å². The summed E-state index contributed by atoms with van der Waals surface area (Å²) in [6.45, 7) is 4.11. The first-order chi connectivity index (χ1) is 17.8. The molecule has 2 atom stereocenters. The number of aliphatic hydroxyl groups is 1.